The Morgan fingerprint density at radius 3 is 2.88 bits per heavy atom. The van der Waals surface area contributed by atoms with Crippen LogP contribution in [0.4, 0.5) is 0 Å². The molecule has 3 N–H and O–H groups in total. The highest BCUT2D eigenvalue weighted by Crippen LogP contribution is 2.10. The Balaban J connectivity index is 2.15. The molecule has 92 valence electrons. The summed E-state index contributed by atoms with van der Waals surface area (Å²) in [6, 6.07) is -0.816. The third-order valence-electron chi connectivity index (χ3n) is 2.16. The van der Waals surface area contributed by atoms with Gasteiger partial charge in [0.2, 0.25) is 0 Å². The van der Waals surface area contributed by atoms with Gasteiger partial charge in [0.25, 0.3) is 0 Å². The van der Waals surface area contributed by atoms with E-state index in [0.717, 1.165) is 0 Å². The van der Waals surface area contributed by atoms with Crippen LogP contribution in [-0.4, -0.2) is 38.8 Å². The fourth-order valence-corrected chi connectivity index (χ4v) is 1.92. The van der Waals surface area contributed by atoms with Crippen molar-refractivity contribution in [2.45, 2.75) is 32.2 Å². The van der Waals surface area contributed by atoms with Crippen LogP contribution in [0.3, 0.4) is 0 Å². The third kappa shape index (κ3) is 3.87. The van der Waals surface area contributed by atoms with Gasteiger partial charge in [-0.3, -0.25) is 4.79 Å². The van der Waals surface area contributed by atoms with Gasteiger partial charge in [-0.05, 0) is 26.2 Å². The van der Waals surface area contributed by atoms with E-state index in [1.54, 1.807) is 6.92 Å². The number of hydrogen-bond donors (Lipinski definition) is 2. The van der Waals surface area contributed by atoms with Gasteiger partial charge in [0.1, 0.15) is 11.9 Å². The second-order valence-electron chi connectivity index (χ2n) is 3.47. The van der Waals surface area contributed by atoms with Crippen molar-refractivity contribution in [2.75, 3.05) is 6.54 Å². The number of nitrogens with two attached hydrogens (primary N) is 1. The summed E-state index contributed by atoms with van der Waals surface area (Å²) < 4.78 is 19.4. The molecule has 0 fully saturated rings. The number of hydrogen-bond acceptors (Lipinski definition) is 5. The molecular weight excluding hydrogens is 234 g/mol. The minimum absolute atomic E-state index is 0.419. The maximum absolute atomic E-state index is 10.9. The molecule has 0 saturated heterocycles. The van der Waals surface area contributed by atoms with E-state index in [1.807, 2.05) is 0 Å². The molecule has 0 aromatic carbocycles. The molecular formula is C8H15N3O4S. The summed E-state index contributed by atoms with van der Waals surface area (Å²) >= 11 is -1.61. The number of rotatable bonds is 6. The predicted molar refractivity (Wildman–Crippen MR) is 58.5 cm³/mol. The van der Waals surface area contributed by atoms with Crippen molar-refractivity contribution in [1.29, 1.82) is 0 Å². The summed E-state index contributed by atoms with van der Waals surface area (Å²) in [4.78, 5) is 10.4. The Hall–Kier alpha value is -0.990. The highest BCUT2D eigenvalue weighted by molar-refractivity contribution is 7.79. The molecule has 0 bridgehead atoms. The van der Waals surface area contributed by atoms with E-state index in [9.17, 15) is 9.00 Å². The largest absolute Gasteiger partial charge is 0.480 e. The number of hydroxylamine groups is 2. The van der Waals surface area contributed by atoms with Gasteiger partial charge in [0, 0.05) is 6.54 Å². The normalized spacial score (nSPS) is 22.0. The van der Waals surface area contributed by atoms with Gasteiger partial charge in [-0.25, -0.2) is 9.27 Å². The molecule has 0 radical (unpaired) electrons. The SMILES string of the molecule is CC1=NS(=O)ON1CCCC[C@H](N)C(=O)O. The zero-order valence-corrected chi connectivity index (χ0v) is 9.77. The summed E-state index contributed by atoms with van der Waals surface area (Å²) in [6.07, 6.45) is 1.81. The lowest BCUT2D eigenvalue weighted by molar-refractivity contribution is -0.138. The maximum Gasteiger partial charge on any atom is 0.320 e. The van der Waals surface area contributed by atoms with Gasteiger partial charge in [-0.15, -0.1) is 8.68 Å². The van der Waals surface area contributed by atoms with Crippen molar-refractivity contribution in [3.8, 4) is 0 Å². The number of carboxylic acid groups (broad SMARTS) is 1. The Morgan fingerprint density at radius 1 is 1.69 bits per heavy atom. The Labute approximate surface area is 96.0 Å². The summed E-state index contributed by atoms with van der Waals surface area (Å²) in [5, 5.41) is 10.00. The molecule has 1 unspecified atom stereocenters. The van der Waals surface area contributed by atoms with E-state index in [-0.39, 0.29) is 0 Å². The first kappa shape index (κ1) is 13.1. The standard InChI is InChI=1S/C8H15N3O4S/c1-6-10-16(14)15-11(6)5-3-2-4-7(9)8(12)13/h7H,2-5,9H2,1H3,(H,12,13)/t7-,16?/m0/s1. The van der Waals surface area contributed by atoms with Gasteiger partial charge in [-0.2, -0.15) is 0 Å². The van der Waals surface area contributed by atoms with Crippen molar-refractivity contribution in [3.63, 3.8) is 0 Å². The topological polar surface area (TPSA) is 105 Å². The lowest BCUT2D eigenvalue weighted by Gasteiger charge is -2.14. The Kier molecular flexibility index (Phi) is 4.84. The van der Waals surface area contributed by atoms with Crippen molar-refractivity contribution < 1.29 is 18.4 Å². The zero-order chi connectivity index (χ0) is 12.1. The number of aliphatic carboxylic acids is 1. The number of nitrogens with zero attached hydrogens (tertiary/aromatic N) is 2. The van der Waals surface area contributed by atoms with E-state index in [4.69, 9.17) is 15.1 Å². The van der Waals surface area contributed by atoms with Gasteiger partial charge >= 0.3 is 17.2 Å². The van der Waals surface area contributed by atoms with E-state index in [1.165, 1.54) is 5.06 Å². The molecule has 1 aliphatic heterocycles. The Morgan fingerprint density at radius 2 is 2.38 bits per heavy atom. The van der Waals surface area contributed by atoms with Crippen molar-refractivity contribution in [3.05, 3.63) is 0 Å². The van der Waals surface area contributed by atoms with Crippen molar-refractivity contribution in [1.82, 2.24) is 5.06 Å². The molecule has 0 saturated carbocycles. The first-order chi connectivity index (χ1) is 7.50. The van der Waals surface area contributed by atoms with E-state index >= 15 is 0 Å². The van der Waals surface area contributed by atoms with E-state index in [2.05, 4.69) is 4.40 Å². The van der Waals surface area contributed by atoms with Crippen LogP contribution in [-0.2, 0) is 20.3 Å². The quantitative estimate of drug-likeness (QED) is 0.632. The first-order valence-electron chi connectivity index (χ1n) is 4.92. The smallest absolute Gasteiger partial charge is 0.320 e. The molecule has 0 spiro atoms. The molecule has 1 heterocycles. The van der Waals surface area contributed by atoms with Crippen LogP contribution in [0.1, 0.15) is 26.2 Å². The maximum atomic E-state index is 10.9. The van der Waals surface area contributed by atoms with Crippen molar-refractivity contribution >= 4 is 23.1 Å². The number of unbranched alkanes of at least 4 members (excludes halogenated alkanes) is 1. The first-order valence-corrected chi connectivity index (χ1v) is 5.95. The van der Waals surface area contributed by atoms with Crippen molar-refractivity contribution in [2.24, 2.45) is 10.1 Å². The summed E-state index contributed by atoms with van der Waals surface area (Å²) in [5.41, 5.74) is 5.34. The lowest BCUT2D eigenvalue weighted by atomic mass is 10.1. The molecule has 2 atom stereocenters. The van der Waals surface area contributed by atoms with Gasteiger partial charge in [-0.1, -0.05) is 0 Å². The molecule has 1 rings (SSSR count). The summed E-state index contributed by atoms with van der Waals surface area (Å²) in [6.45, 7) is 2.24. The molecule has 16 heavy (non-hydrogen) atoms. The van der Waals surface area contributed by atoms with Crippen LogP contribution < -0.4 is 5.73 Å². The molecule has 0 aliphatic carbocycles. The second-order valence-corrected chi connectivity index (χ2v) is 4.24. The van der Waals surface area contributed by atoms with Crippen LogP contribution in [0.15, 0.2) is 4.40 Å². The van der Waals surface area contributed by atoms with Crippen LogP contribution in [0.5, 0.6) is 0 Å². The minimum Gasteiger partial charge on any atom is -0.480 e. The zero-order valence-electron chi connectivity index (χ0n) is 8.96. The minimum atomic E-state index is -1.61. The predicted octanol–water partition coefficient (Wildman–Crippen LogP) is -0.187. The van der Waals surface area contributed by atoms with Crippen LogP contribution in [0, 0.1) is 0 Å². The molecule has 1 aliphatic rings. The monoisotopic (exact) mass is 249 g/mol. The molecule has 0 aromatic rings. The number of amidine groups is 1. The van der Waals surface area contributed by atoms with Crippen LogP contribution in [0.2, 0.25) is 0 Å². The number of carboxylic acids is 1. The van der Waals surface area contributed by atoms with E-state index in [0.29, 0.717) is 31.6 Å². The number of carbonyl (C=O) groups is 1. The second kappa shape index (κ2) is 5.92. The highest BCUT2D eigenvalue weighted by Gasteiger charge is 2.19. The van der Waals surface area contributed by atoms with Gasteiger partial charge in [0.15, 0.2) is 0 Å². The fourth-order valence-electron chi connectivity index (χ4n) is 1.24. The Bertz CT molecular complexity index is 320. The average Bonchev–Trinajstić information content (AvgIpc) is 2.51. The van der Waals surface area contributed by atoms with Gasteiger partial charge < -0.3 is 10.8 Å². The highest BCUT2D eigenvalue weighted by atomic mass is 32.2. The molecule has 0 aromatic heterocycles. The average molecular weight is 249 g/mol. The van der Waals surface area contributed by atoms with Crippen LogP contribution >= 0.6 is 0 Å². The summed E-state index contributed by atoms with van der Waals surface area (Å²) in [5.74, 6) is -0.419. The van der Waals surface area contributed by atoms with Gasteiger partial charge in [0.05, 0.1) is 0 Å². The third-order valence-corrected chi connectivity index (χ3v) is 2.89. The summed E-state index contributed by atoms with van der Waals surface area (Å²) in [7, 11) is 0. The van der Waals surface area contributed by atoms with E-state index < -0.39 is 23.3 Å². The lowest BCUT2D eigenvalue weighted by Crippen LogP contribution is -2.30. The molecule has 0 amide bonds. The fraction of sp³-hybridized carbons (Fsp3) is 0.750. The molecule has 8 heteroatoms. The van der Waals surface area contributed by atoms with Crippen LogP contribution in [0.25, 0.3) is 0 Å². The molecule has 7 nitrogen and oxygen atoms in total.